The van der Waals surface area contributed by atoms with Crippen LogP contribution in [0.5, 0.6) is 11.6 Å². The first-order valence-electron chi connectivity index (χ1n) is 13.8. The molecule has 0 fully saturated rings. The van der Waals surface area contributed by atoms with Gasteiger partial charge in [-0.15, -0.1) is 0 Å². The number of nitrogens with zero attached hydrogens (tertiary/aromatic N) is 6. The maximum absolute atomic E-state index is 14.8. The summed E-state index contributed by atoms with van der Waals surface area (Å²) >= 11 is 0. The number of imidazole rings is 1. The predicted octanol–water partition coefficient (Wildman–Crippen LogP) is 5.13. The number of rotatable bonds is 14. The van der Waals surface area contributed by atoms with Gasteiger partial charge < -0.3 is 24.5 Å². The van der Waals surface area contributed by atoms with Gasteiger partial charge in [0.25, 0.3) is 11.6 Å². The number of hydrogen-bond acceptors (Lipinski definition) is 10. The molecule has 3 heterocycles. The van der Waals surface area contributed by atoms with Crippen LogP contribution in [-0.4, -0.2) is 49.6 Å². The molecule has 0 bridgehead atoms. The van der Waals surface area contributed by atoms with Crippen molar-refractivity contribution >= 4 is 17.4 Å². The number of pyridine rings is 1. The highest BCUT2D eigenvalue weighted by Crippen LogP contribution is 2.27. The summed E-state index contributed by atoms with van der Waals surface area (Å²) in [7, 11) is 0. The molecular weight excluding hydrogens is 559 g/mol. The average molecular weight is 591 g/mol. The minimum absolute atomic E-state index is 0.0615. The Balaban J connectivity index is 1.28. The maximum atomic E-state index is 14.8. The van der Waals surface area contributed by atoms with Gasteiger partial charge in [-0.1, -0.05) is 13.3 Å². The molecule has 0 aliphatic rings. The van der Waals surface area contributed by atoms with Gasteiger partial charge in [-0.05, 0) is 50.9 Å². The second-order valence-corrected chi connectivity index (χ2v) is 9.62. The van der Waals surface area contributed by atoms with Crippen molar-refractivity contribution in [3.05, 3.63) is 76.7 Å². The highest BCUT2D eigenvalue weighted by atomic mass is 19.1. The smallest absolute Gasteiger partial charge is 0.413 e. The van der Waals surface area contributed by atoms with Gasteiger partial charge in [0.05, 0.1) is 35.2 Å². The van der Waals surface area contributed by atoms with Crippen molar-refractivity contribution in [3.63, 3.8) is 0 Å². The fraction of sp³-hybridized carbons (Fsp3) is 0.345. The average Bonchev–Trinajstić information content (AvgIpc) is 3.48. The van der Waals surface area contributed by atoms with Gasteiger partial charge in [-0.25, -0.2) is 19.2 Å². The molecule has 0 spiro atoms. The van der Waals surface area contributed by atoms with E-state index in [0.29, 0.717) is 54.9 Å². The molecule has 2 atom stereocenters. The number of unbranched alkanes of at least 4 members (excludes halogenated alkanes) is 2. The number of carbonyl (C=O) groups is 1. The minimum Gasteiger partial charge on any atom is -0.475 e. The summed E-state index contributed by atoms with van der Waals surface area (Å²) in [6, 6.07) is 7.91. The number of hydrogen-bond donors (Lipinski definition) is 2. The molecule has 1 amide bonds. The van der Waals surface area contributed by atoms with Crippen molar-refractivity contribution in [2.45, 2.75) is 51.6 Å². The van der Waals surface area contributed by atoms with Crippen LogP contribution in [0.15, 0.2) is 55.1 Å². The van der Waals surface area contributed by atoms with E-state index in [1.165, 1.54) is 30.5 Å². The van der Waals surface area contributed by atoms with Gasteiger partial charge in [-0.3, -0.25) is 15.1 Å². The second kappa shape index (κ2) is 14.6. The quantitative estimate of drug-likeness (QED) is 0.114. The molecule has 0 saturated heterocycles. The third-order valence-electron chi connectivity index (χ3n) is 6.53. The zero-order chi connectivity index (χ0) is 30.8. The lowest BCUT2D eigenvalue weighted by atomic mass is 10.1. The molecule has 0 saturated carbocycles. The second-order valence-electron chi connectivity index (χ2n) is 9.62. The number of carbonyl (C=O) groups excluding carboxylic acids is 1. The van der Waals surface area contributed by atoms with Crippen LogP contribution in [0.1, 0.15) is 51.3 Å². The first-order valence-corrected chi connectivity index (χ1v) is 13.8. The zero-order valence-corrected chi connectivity index (χ0v) is 23.7. The van der Waals surface area contributed by atoms with E-state index in [1.54, 1.807) is 29.1 Å². The minimum atomic E-state index is -0.827. The van der Waals surface area contributed by atoms with E-state index in [1.807, 2.05) is 19.9 Å². The summed E-state index contributed by atoms with van der Waals surface area (Å²) in [6.45, 7) is 5.00. The van der Waals surface area contributed by atoms with Crippen LogP contribution in [-0.2, 0) is 0 Å². The van der Waals surface area contributed by atoms with Crippen molar-refractivity contribution < 1.29 is 23.6 Å². The van der Waals surface area contributed by atoms with Crippen LogP contribution in [0.4, 0.5) is 14.9 Å². The van der Waals surface area contributed by atoms with Gasteiger partial charge in [0, 0.05) is 42.3 Å². The molecule has 0 aliphatic heterocycles. The van der Waals surface area contributed by atoms with Crippen LogP contribution in [0, 0.1) is 27.3 Å². The van der Waals surface area contributed by atoms with Crippen molar-refractivity contribution in [3.8, 4) is 29.0 Å². The Bertz CT molecular complexity index is 1600. The Labute approximate surface area is 246 Å². The number of aromatic nitrogens is 4. The first kappa shape index (κ1) is 30.8. The first-order chi connectivity index (χ1) is 20.8. The van der Waals surface area contributed by atoms with Crippen LogP contribution in [0.3, 0.4) is 0 Å². The predicted molar refractivity (Wildman–Crippen MR) is 154 cm³/mol. The summed E-state index contributed by atoms with van der Waals surface area (Å²) in [6.07, 6.45) is 7.75. The van der Waals surface area contributed by atoms with E-state index >= 15 is 0 Å². The number of non-ortho nitro benzene ring substituents is 1. The Morgan fingerprint density at radius 3 is 2.74 bits per heavy atom. The molecular formula is C29H31FN8O5. The maximum Gasteiger partial charge on any atom is 0.413 e. The molecule has 1 aromatic carbocycles. The van der Waals surface area contributed by atoms with E-state index in [-0.39, 0.29) is 23.4 Å². The van der Waals surface area contributed by atoms with E-state index in [9.17, 15) is 24.6 Å². The van der Waals surface area contributed by atoms with Crippen molar-refractivity contribution in [2.24, 2.45) is 0 Å². The molecule has 0 aliphatic carbocycles. The fourth-order valence-electron chi connectivity index (χ4n) is 4.31. The summed E-state index contributed by atoms with van der Waals surface area (Å²) in [5, 5.41) is 25.9. The number of halogens is 1. The number of benzene rings is 1. The monoisotopic (exact) mass is 590 g/mol. The summed E-state index contributed by atoms with van der Waals surface area (Å²) in [5.41, 5.74) is 1.75. The fourth-order valence-corrected chi connectivity index (χ4v) is 4.31. The topological polar surface area (TPSA) is 170 Å². The normalized spacial score (nSPS) is 12.3. The number of nitrogens with one attached hydrogen (secondary N) is 2. The molecule has 13 nitrogen and oxygen atoms in total. The summed E-state index contributed by atoms with van der Waals surface area (Å²) in [5.74, 6) is -0.107. The molecule has 4 rings (SSSR count). The summed E-state index contributed by atoms with van der Waals surface area (Å²) < 4.78 is 27.6. The van der Waals surface area contributed by atoms with E-state index in [0.717, 1.165) is 6.54 Å². The lowest BCUT2D eigenvalue weighted by Gasteiger charge is -2.14. The zero-order valence-electron chi connectivity index (χ0n) is 23.7. The van der Waals surface area contributed by atoms with Crippen LogP contribution >= 0.6 is 0 Å². The van der Waals surface area contributed by atoms with E-state index < -0.39 is 22.9 Å². The van der Waals surface area contributed by atoms with E-state index in [4.69, 9.17) is 9.47 Å². The van der Waals surface area contributed by atoms with Gasteiger partial charge in [-0.2, -0.15) is 5.26 Å². The van der Waals surface area contributed by atoms with Crippen molar-refractivity contribution in [2.75, 3.05) is 13.2 Å². The molecule has 14 heteroatoms. The Morgan fingerprint density at radius 2 is 2.02 bits per heavy atom. The van der Waals surface area contributed by atoms with Crippen LogP contribution < -0.4 is 20.1 Å². The van der Waals surface area contributed by atoms with Gasteiger partial charge >= 0.3 is 6.09 Å². The van der Waals surface area contributed by atoms with Crippen molar-refractivity contribution in [1.29, 1.82) is 5.26 Å². The number of nitriles is 1. The summed E-state index contributed by atoms with van der Waals surface area (Å²) in [4.78, 5) is 35.4. The standard InChI is InChI=1S/C29H31FN8O5/c1-3-32-19(2)25-15-23(24(30)17-34-25)26-18-37-13-12-33-27(37)28(36-26)42-14-6-4-5-7-20(16-31)35-29(39)43-22-10-8-21(9-11-22)38(40)41/h8-13,15,17-20,32H,3-7,14H2,1-2H3,(H,35,39). The van der Waals surface area contributed by atoms with Gasteiger partial charge in [0.15, 0.2) is 5.82 Å². The van der Waals surface area contributed by atoms with Gasteiger partial charge in [0.2, 0.25) is 5.65 Å². The number of fused-ring (bicyclic) bond motifs is 1. The third-order valence-corrected chi connectivity index (χ3v) is 6.53. The number of amides is 1. The molecule has 3 aromatic heterocycles. The highest BCUT2D eigenvalue weighted by molar-refractivity contribution is 5.71. The SMILES string of the molecule is CCNC(C)c1cc(-c2cn3ccnc3c(OCCCCCC(C#N)NC(=O)Oc3ccc([N+](=O)[O-])cc3)n2)c(F)cn1. The number of nitro groups is 1. The van der Waals surface area contributed by atoms with E-state index in [2.05, 4.69) is 25.6 Å². The molecule has 224 valence electrons. The van der Waals surface area contributed by atoms with Crippen LogP contribution in [0.2, 0.25) is 0 Å². The Kier molecular flexibility index (Phi) is 10.5. The molecule has 2 N–H and O–H groups in total. The Morgan fingerprint density at radius 1 is 1.23 bits per heavy atom. The molecule has 2 unspecified atom stereocenters. The molecule has 4 aromatic rings. The van der Waals surface area contributed by atoms with Crippen LogP contribution in [0.25, 0.3) is 16.9 Å². The van der Waals surface area contributed by atoms with Crippen molar-refractivity contribution in [1.82, 2.24) is 30.0 Å². The lowest BCUT2D eigenvalue weighted by Crippen LogP contribution is -2.35. The number of ether oxygens (including phenoxy) is 2. The largest absolute Gasteiger partial charge is 0.475 e. The Hall–Kier alpha value is -5.16. The lowest BCUT2D eigenvalue weighted by molar-refractivity contribution is -0.384. The number of nitro benzene ring substituents is 1. The highest BCUT2D eigenvalue weighted by Gasteiger charge is 2.17. The van der Waals surface area contributed by atoms with Gasteiger partial charge in [0.1, 0.15) is 11.8 Å². The molecule has 43 heavy (non-hydrogen) atoms. The third kappa shape index (κ3) is 8.20. The molecule has 0 radical (unpaired) electrons.